The van der Waals surface area contributed by atoms with Gasteiger partial charge >= 0.3 is 0 Å². The molecule has 1 atom stereocenters. The first kappa shape index (κ1) is 21.4. The molecule has 1 aliphatic rings. The van der Waals surface area contributed by atoms with Crippen LogP contribution in [-0.2, 0) is 17.1 Å². The maximum atomic E-state index is 13.1. The van der Waals surface area contributed by atoms with E-state index >= 15 is 0 Å². The number of amides is 1. The third-order valence-corrected chi connectivity index (χ3v) is 7.08. The van der Waals surface area contributed by atoms with E-state index in [4.69, 9.17) is 0 Å². The van der Waals surface area contributed by atoms with E-state index in [1.807, 2.05) is 13.8 Å². The fraction of sp³-hybridized carbons (Fsp3) is 0.579. The molecule has 1 aliphatic heterocycles. The summed E-state index contributed by atoms with van der Waals surface area (Å²) < 4.78 is 29.3. The second-order valence-corrected chi connectivity index (χ2v) is 9.05. The average Bonchev–Trinajstić information content (AvgIpc) is 3.16. The molecule has 3 heterocycles. The van der Waals surface area contributed by atoms with E-state index in [0.29, 0.717) is 43.1 Å². The number of carbonyl (C=O) groups excluding carboxylic acids is 1. The molecule has 1 saturated heterocycles. The fourth-order valence-electron chi connectivity index (χ4n) is 3.63. The van der Waals surface area contributed by atoms with E-state index in [0.717, 1.165) is 12.8 Å². The van der Waals surface area contributed by atoms with E-state index < -0.39 is 16.1 Å². The molecular formula is C19H28N6O3S. The van der Waals surface area contributed by atoms with Crippen LogP contribution in [0.4, 0.5) is 0 Å². The van der Waals surface area contributed by atoms with Crippen LogP contribution in [0, 0.1) is 6.92 Å². The van der Waals surface area contributed by atoms with E-state index in [-0.39, 0.29) is 10.9 Å². The minimum Gasteiger partial charge on any atom is -0.339 e. The first-order valence-electron chi connectivity index (χ1n) is 9.92. The van der Waals surface area contributed by atoms with Crippen LogP contribution in [0.2, 0.25) is 0 Å². The van der Waals surface area contributed by atoms with Crippen LogP contribution in [0.3, 0.4) is 0 Å². The Bertz CT molecular complexity index is 984. The summed E-state index contributed by atoms with van der Waals surface area (Å²) in [6.45, 7) is 7.22. The molecule has 9 nitrogen and oxygen atoms in total. The van der Waals surface area contributed by atoms with Crippen LogP contribution in [0.5, 0.6) is 0 Å². The van der Waals surface area contributed by atoms with E-state index in [1.54, 1.807) is 23.4 Å². The molecule has 1 amide bonds. The summed E-state index contributed by atoms with van der Waals surface area (Å²) in [4.78, 5) is 27.3. The molecule has 0 N–H and O–H groups in total. The van der Waals surface area contributed by atoms with Gasteiger partial charge in [-0.15, -0.1) is 0 Å². The Kier molecular flexibility index (Phi) is 6.33. The number of aromatic nitrogens is 4. The van der Waals surface area contributed by atoms with Crippen LogP contribution < -0.4 is 0 Å². The van der Waals surface area contributed by atoms with E-state index in [1.165, 1.54) is 23.0 Å². The standard InChI is InChI=1S/C19H28N6O3S/c1-5-24(6-2)19(26)15-11-20-18(22-14(15)3)16-9-7-8-10-25(16)29(27,28)17-12-23(4)13-21-17/h11-13,16H,5-10H2,1-4H3. The van der Waals surface area contributed by atoms with Gasteiger partial charge in [-0.3, -0.25) is 4.79 Å². The summed E-state index contributed by atoms with van der Waals surface area (Å²) in [6, 6.07) is -0.466. The van der Waals surface area contributed by atoms with Crippen molar-refractivity contribution in [2.24, 2.45) is 7.05 Å². The summed E-state index contributed by atoms with van der Waals surface area (Å²) in [7, 11) is -2.02. The lowest BCUT2D eigenvalue weighted by Gasteiger charge is -2.33. The lowest BCUT2D eigenvalue weighted by Crippen LogP contribution is -2.39. The zero-order valence-electron chi connectivity index (χ0n) is 17.4. The SMILES string of the molecule is CCN(CC)C(=O)c1cnc(C2CCCCN2S(=O)(=O)c2cn(C)cn2)nc1C. The number of hydrogen-bond donors (Lipinski definition) is 0. The van der Waals surface area contributed by atoms with E-state index in [9.17, 15) is 13.2 Å². The molecular weight excluding hydrogens is 392 g/mol. The number of aryl methyl sites for hydroxylation is 2. The van der Waals surface area contributed by atoms with Gasteiger partial charge in [0.05, 0.1) is 23.6 Å². The number of sulfonamides is 1. The number of rotatable bonds is 6. The number of piperidine rings is 1. The predicted molar refractivity (Wildman–Crippen MR) is 108 cm³/mol. The van der Waals surface area contributed by atoms with Crippen molar-refractivity contribution in [2.75, 3.05) is 19.6 Å². The highest BCUT2D eigenvalue weighted by atomic mass is 32.2. The maximum Gasteiger partial charge on any atom is 0.262 e. The van der Waals surface area contributed by atoms with Gasteiger partial charge in [0.15, 0.2) is 5.03 Å². The minimum atomic E-state index is -3.75. The molecule has 1 unspecified atom stereocenters. The van der Waals surface area contributed by atoms with Gasteiger partial charge in [0.1, 0.15) is 5.82 Å². The number of imidazole rings is 1. The first-order chi connectivity index (χ1) is 13.8. The third kappa shape index (κ3) is 4.18. The lowest BCUT2D eigenvalue weighted by atomic mass is 10.0. The topological polar surface area (TPSA) is 101 Å². The Morgan fingerprint density at radius 1 is 1.24 bits per heavy atom. The number of carbonyl (C=O) groups is 1. The third-order valence-electron chi connectivity index (χ3n) is 5.28. The molecule has 29 heavy (non-hydrogen) atoms. The number of nitrogens with zero attached hydrogens (tertiary/aromatic N) is 6. The summed E-state index contributed by atoms with van der Waals surface area (Å²) in [5, 5.41) is 0.0250. The van der Waals surface area contributed by atoms with Gasteiger partial charge in [0, 0.05) is 39.1 Å². The predicted octanol–water partition coefficient (Wildman–Crippen LogP) is 1.92. The van der Waals surface area contributed by atoms with Gasteiger partial charge in [-0.1, -0.05) is 6.42 Å². The van der Waals surface area contributed by atoms with Crippen LogP contribution in [0.25, 0.3) is 0 Å². The van der Waals surface area contributed by atoms with E-state index in [2.05, 4.69) is 15.0 Å². The highest BCUT2D eigenvalue weighted by molar-refractivity contribution is 7.89. The zero-order chi connectivity index (χ0) is 21.2. The van der Waals surface area contributed by atoms with Crippen molar-refractivity contribution in [3.05, 3.63) is 35.8 Å². The summed E-state index contributed by atoms with van der Waals surface area (Å²) >= 11 is 0. The lowest BCUT2D eigenvalue weighted by molar-refractivity contribution is 0.0771. The van der Waals surface area contributed by atoms with Crippen molar-refractivity contribution < 1.29 is 13.2 Å². The second-order valence-electron chi connectivity index (χ2n) is 7.21. The van der Waals surface area contributed by atoms with Crippen molar-refractivity contribution in [1.82, 2.24) is 28.7 Å². The van der Waals surface area contributed by atoms with Crippen LogP contribution >= 0.6 is 0 Å². The van der Waals surface area contributed by atoms with Crippen LogP contribution in [0.15, 0.2) is 23.7 Å². The fourth-order valence-corrected chi connectivity index (χ4v) is 5.25. The van der Waals surface area contributed by atoms with Crippen LogP contribution in [-0.4, -0.2) is 62.7 Å². The van der Waals surface area contributed by atoms with Gasteiger partial charge in [-0.05, 0) is 33.6 Å². The van der Waals surface area contributed by atoms with Crippen LogP contribution in [0.1, 0.15) is 61.0 Å². The van der Waals surface area contributed by atoms with Crippen molar-refractivity contribution in [2.45, 2.75) is 51.1 Å². The molecule has 1 fully saturated rings. The Morgan fingerprint density at radius 3 is 2.55 bits per heavy atom. The normalized spacial score (nSPS) is 18.0. The summed E-state index contributed by atoms with van der Waals surface area (Å²) in [5.41, 5.74) is 1.01. The second kappa shape index (κ2) is 8.58. The summed E-state index contributed by atoms with van der Waals surface area (Å²) in [5.74, 6) is 0.318. The molecule has 0 aliphatic carbocycles. The molecule has 0 aromatic carbocycles. The number of hydrogen-bond acceptors (Lipinski definition) is 6. The van der Waals surface area contributed by atoms with Crippen molar-refractivity contribution in [3.8, 4) is 0 Å². The summed E-state index contributed by atoms with van der Waals surface area (Å²) in [6.07, 6.45) is 6.80. The van der Waals surface area contributed by atoms with Gasteiger partial charge in [0.2, 0.25) is 0 Å². The Balaban J connectivity index is 1.93. The van der Waals surface area contributed by atoms with Gasteiger partial charge in [-0.25, -0.2) is 23.4 Å². The van der Waals surface area contributed by atoms with Crippen molar-refractivity contribution >= 4 is 15.9 Å². The molecule has 0 saturated carbocycles. The van der Waals surface area contributed by atoms with Gasteiger partial charge in [-0.2, -0.15) is 4.31 Å². The highest BCUT2D eigenvalue weighted by Crippen LogP contribution is 2.33. The smallest absolute Gasteiger partial charge is 0.262 e. The quantitative estimate of drug-likeness (QED) is 0.708. The molecule has 3 rings (SSSR count). The van der Waals surface area contributed by atoms with Gasteiger partial charge in [0.25, 0.3) is 15.9 Å². The molecule has 2 aromatic rings. The first-order valence-corrected chi connectivity index (χ1v) is 11.4. The molecule has 158 valence electrons. The minimum absolute atomic E-state index is 0.0250. The Labute approximate surface area is 171 Å². The highest BCUT2D eigenvalue weighted by Gasteiger charge is 2.37. The molecule has 10 heteroatoms. The zero-order valence-corrected chi connectivity index (χ0v) is 18.2. The van der Waals surface area contributed by atoms with Crippen molar-refractivity contribution in [3.63, 3.8) is 0 Å². The Morgan fingerprint density at radius 2 is 1.97 bits per heavy atom. The largest absolute Gasteiger partial charge is 0.339 e. The molecule has 0 spiro atoms. The molecule has 0 radical (unpaired) electrons. The molecule has 2 aromatic heterocycles. The van der Waals surface area contributed by atoms with Gasteiger partial charge < -0.3 is 9.47 Å². The molecule has 0 bridgehead atoms. The Hall–Kier alpha value is -2.33. The monoisotopic (exact) mass is 420 g/mol. The average molecular weight is 421 g/mol. The maximum absolute atomic E-state index is 13.1. The van der Waals surface area contributed by atoms with Crippen molar-refractivity contribution in [1.29, 1.82) is 0 Å².